The number of rotatable bonds is 3. The molecule has 0 aliphatic rings. The number of halogens is 1. The molecular formula is C13H15FN4O. The van der Waals surface area contributed by atoms with Crippen LogP contribution in [0.1, 0.15) is 17.4 Å². The quantitative estimate of drug-likeness (QED) is 0.918. The Hall–Kier alpha value is -2.37. The number of nitrogens with two attached hydrogens (primary N) is 1. The molecule has 0 aliphatic carbocycles. The lowest BCUT2D eigenvalue weighted by Crippen LogP contribution is -2.27. The molecule has 0 unspecified atom stereocenters. The lowest BCUT2D eigenvalue weighted by atomic mass is 10.2. The molecule has 1 aromatic heterocycles. The second-order valence-electron chi connectivity index (χ2n) is 4.13. The third-order valence-electron chi connectivity index (χ3n) is 2.84. The van der Waals surface area contributed by atoms with E-state index >= 15 is 0 Å². The summed E-state index contributed by atoms with van der Waals surface area (Å²) in [5, 5.41) is 4.12. The average Bonchev–Trinajstić information content (AvgIpc) is 2.79. The summed E-state index contributed by atoms with van der Waals surface area (Å²) in [6.07, 6.45) is 1.62. The van der Waals surface area contributed by atoms with Gasteiger partial charge in [0.1, 0.15) is 5.82 Å². The highest BCUT2D eigenvalue weighted by molar-refractivity contribution is 6.07. The van der Waals surface area contributed by atoms with Gasteiger partial charge < -0.3 is 10.6 Å². The summed E-state index contributed by atoms with van der Waals surface area (Å²) < 4.78 is 14.4. The van der Waals surface area contributed by atoms with Crippen LogP contribution >= 0.6 is 0 Å². The van der Waals surface area contributed by atoms with Gasteiger partial charge in [-0.2, -0.15) is 5.10 Å². The maximum Gasteiger partial charge on any atom is 0.280 e. The Labute approximate surface area is 110 Å². The molecule has 5 nitrogen and oxygen atoms in total. The van der Waals surface area contributed by atoms with Crippen LogP contribution in [0.5, 0.6) is 0 Å². The topological polar surface area (TPSA) is 64.2 Å². The molecule has 0 fully saturated rings. The predicted octanol–water partition coefficient (Wildman–Crippen LogP) is 1.90. The molecule has 2 aromatic rings. The maximum absolute atomic E-state index is 12.8. The van der Waals surface area contributed by atoms with E-state index in [1.807, 2.05) is 6.92 Å². The Bertz CT molecular complexity index is 591. The molecule has 0 atom stereocenters. The van der Waals surface area contributed by atoms with E-state index in [1.165, 1.54) is 29.2 Å². The summed E-state index contributed by atoms with van der Waals surface area (Å²) in [4.78, 5) is 13.6. The number of anilines is 2. The van der Waals surface area contributed by atoms with Crippen molar-refractivity contribution in [3.05, 3.63) is 42.0 Å². The standard InChI is InChI=1S/C13H15FN4O/c1-3-18-8-11(15)12(16-18)13(19)17(2)10-6-4-9(14)5-7-10/h4-8H,3,15H2,1-2H3. The van der Waals surface area contributed by atoms with Crippen LogP contribution in [0.4, 0.5) is 15.8 Å². The van der Waals surface area contributed by atoms with Crippen LogP contribution in [-0.4, -0.2) is 22.7 Å². The molecule has 2 N–H and O–H groups in total. The molecule has 2 rings (SSSR count). The zero-order chi connectivity index (χ0) is 14.0. The van der Waals surface area contributed by atoms with Gasteiger partial charge in [0, 0.05) is 25.5 Å². The normalized spacial score (nSPS) is 10.5. The van der Waals surface area contributed by atoms with E-state index in [0.29, 0.717) is 17.9 Å². The zero-order valence-electron chi connectivity index (χ0n) is 10.8. The van der Waals surface area contributed by atoms with Crippen molar-refractivity contribution in [1.29, 1.82) is 0 Å². The maximum atomic E-state index is 12.8. The van der Waals surface area contributed by atoms with Crippen LogP contribution in [0.3, 0.4) is 0 Å². The van der Waals surface area contributed by atoms with Crippen molar-refractivity contribution in [2.24, 2.45) is 0 Å². The van der Waals surface area contributed by atoms with Gasteiger partial charge in [0.05, 0.1) is 5.69 Å². The predicted molar refractivity (Wildman–Crippen MR) is 71.4 cm³/mol. The van der Waals surface area contributed by atoms with Crippen molar-refractivity contribution in [1.82, 2.24) is 9.78 Å². The first-order valence-electron chi connectivity index (χ1n) is 5.89. The molecule has 0 radical (unpaired) electrons. The van der Waals surface area contributed by atoms with Gasteiger partial charge in [-0.3, -0.25) is 9.48 Å². The van der Waals surface area contributed by atoms with E-state index in [-0.39, 0.29) is 17.4 Å². The molecular weight excluding hydrogens is 247 g/mol. The lowest BCUT2D eigenvalue weighted by molar-refractivity contribution is 0.0988. The Balaban J connectivity index is 2.27. The zero-order valence-corrected chi connectivity index (χ0v) is 10.8. The second kappa shape index (κ2) is 5.09. The highest BCUT2D eigenvalue weighted by Crippen LogP contribution is 2.18. The van der Waals surface area contributed by atoms with E-state index in [0.717, 1.165) is 0 Å². The van der Waals surface area contributed by atoms with Crippen LogP contribution < -0.4 is 10.6 Å². The Morgan fingerprint density at radius 3 is 2.58 bits per heavy atom. The minimum absolute atomic E-state index is 0.202. The molecule has 0 saturated carbocycles. The minimum atomic E-state index is -0.348. The molecule has 100 valence electrons. The van der Waals surface area contributed by atoms with Gasteiger partial charge in [-0.15, -0.1) is 0 Å². The molecule has 0 saturated heterocycles. The average molecular weight is 262 g/mol. The highest BCUT2D eigenvalue weighted by Gasteiger charge is 2.19. The van der Waals surface area contributed by atoms with Gasteiger partial charge in [-0.05, 0) is 31.2 Å². The fraction of sp³-hybridized carbons (Fsp3) is 0.231. The SMILES string of the molecule is CCn1cc(N)c(C(=O)N(C)c2ccc(F)cc2)n1. The summed E-state index contributed by atoms with van der Waals surface area (Å²) in [7, 11) is 1.60. The van der Waals surface area contributed by atoms with Crippen LogP contribution in [0.25, 0.3) is 0 Å². The number of aromatic nitrogens is 2. The summed E-state index contributed by atoms with van der Waals surface area (Å²) in [6, 6.07) is 5.65. The number of nitrogens with zero attached hydrogens (tertiary/aromatic N) is 3. The Kier molecular flexibility index (Phi) is 3.50. The van der Waals surface area contributed by atoms with E-state index in [1.54, 1.807) is 17.9 Å². The van der Waals surface area contributed by atoms with E-state index in [2.05, 4.69) is 5.10 Å². The Morgan fingerprint density at radius 1 is 1.42 bits per heavy atom. The number of carbonyl (C=O) groups excluding carboxylic acids is 1. The van der Waals surface area contributed by atoms with Crippen molar-refractivity contribution in [3.63, 3.8) is 0 Å². The Morgan fingerprint density at radius 2 is 2.05 bits per heavy atom. The number of nitrogen functional groups attached to an aromatic ring is 1. The summed E-state index contributed by atoms with van der Waals surface area (Å²) in [5.41, 5.74) is 6.88. The van der Waals surface area contributed by atoms with Crippen LogP contribution in [0, 0.1) is 5.82 Å². The fourth-order valence-corrected chi connectivity index (χ4v) is 1.71. The van der Waals surface area contributed by atoms with Crippen molar-refractivity contribution < 1.29 is 9.18 Å². The van der Waals surface area contributed by atoms with Crippen LogP contribution in [0.2, 0.25) is 0 Å². The number of benzene rings is 1. The number of aryl methyl sites for hydroxylation is 1. The largest absolute Gasteiger partial charge is 0.396 e. The molecule has 6 heteroatoms. The molecule has 1 aromatic carbocycles. The second-order valence-corrected chi connectivity index (χ2v) is 4.13. The van der Waals surface area contributed by atoms with E-state index in [4.69, 9.17) is 5.73 Å². The first-order valence-corrected chi connectivity index (χ1v) is 5.89. The molecule has 0 spiro atoms. The molecule has 0 bridgehead atoms. The van der Waals surface area contributed by atoms with Gasteiger partial charge in [0.15, 0.2) is 5.69 Å². The molecule has 0 aliphatic heterocycles. The number of hydrogen-bond donors (Lipinski definition) is 1. The van der Waals surface area contributed by atoms with E-state index < -0.39 is 0 Å². The van der Waals surface area contributed by atoms with Gasteiger partial charge in [-0.25, -0.2) is 4.39 Å². The summed E-state index contributed by atoms with van der Waals surface area (Å²) >= 11 is 0. The third-order valence-corrected chi connectivity index (χ3v) is 2.84. The third kappa shape index (κ3) is 2.57. The van der Waals surface area contributed by atoms with Crippen molar-refractivity contribution >= 4 is 17.3 Å². The van der Waals surface area contributed by atoms with Crippen molar-refractivity contribution in [2.45, 2.75) is 13.5 Å². The molecule has 19 heavy (non-hydrogen) atoms. The van der Waals surface area contributed by atoms with Gasteiger partial charge in [-0.1, -0.05) is 0 Å². The first-order chi connectivity index (χ1) is 9.02. The number of carbonyl (C=O) groups is 1. The van der Waals surface area contributed by atoms with Gasteiger partial charge in [0.2, 0.25) is 0 Å². The monoisotopic (exact) mass is 262 g/mol. The van der Waals surface area contributed by atoms with Crippen LogP contribution in [-0.2, 0) is 6.54 Å². The van der Waals surface area contributed by atoms with E-state index in [9.17, 15) is 9.18 Å². The van der Waals surface area contributed by atoms with Gasteiger partial charge >= 0.3 is 0 Å². The lowest BCUT2D eigenvalue weighted by Gasteiger charge is -2.16. The molecule has 1 amide bonds. The molecule has 1 heterocycles. The number of amides is 1. The fourth-order valence-electron chi connectivity index (χ4n) is 1.71. The highest BCUT2D eigenvalue weighted by atomic mass is 19.1. The van der Waals surface area contributed by atoms with Crippen molar-refractivity contribution in [3.8, 4) is 0 Å². The smallest absolute Gasteiger partial charge is 0.280 e. The van der Waals surface area contributed by atoms with Crippen molar-refractivity contribution in [2.75, 3.05) is 17.7 Å². The van der Waals surface area contributed by atoms with Gasteiger partial charge in [0.25, 0.3) is 5.91 Å². The minimum Gasteiger partial charge on any atom is -0.396 e. The van der Waals surface area contributed by atoms with Crippen LogP contribution in [0.15, 0.2) is 30.5 Å². The number of hydrogen-bond acceptors (Lipinski definition) is 3. The first kappa shape index (κ1) is 13.1. The summed E-state index contributed by atoms with van der Waals surface area (Å²) in [5.74, 6) is -0.671. The summed E-state index contributed by atoms with van der Waals surface area (Å²) in [6.45, 7) is 2.54.